The van der Waals surface area contributed by atoms with Crippen molar-refractivity contribution in [3.05, 3.63) is 50.9 Å². The first-order chi connectivity index (χ1) is 8.56. The Labute approximate surface area is 110 Å². The standard InChI is InChI=1S/C10H7BrN4O3/c11-8-3-1-6(5-12-8)13-10(16)7-2-4-9(14-7)15(17)18/h1-5,14H,(H,13,16). The Morgan fingerprint density at radius 1 is 1.39 bits per heavy atom. The fourth-order valence-electron chi connectivity index (χ4n) is 1.27. The van der Waals surface area contributed by atoms with Crippen LogP contribution in [0.3, 0.4) is 0 Å². The molecule has 0 aliphatic carbocycles. The molecule has 2 aromatic heterocycles. The number of aromatic amines is 1. The highest BCUT2D eigenvalue weighted by Gasteiger charge is 2.15. The van der Waals surface area contributed by atoms with Gasteiger partial charge in [0.1, 0.15) is 4.60 Å². The number of pyridine rings is 1. The number of hydrogen-bond donors (Lipinski definition) is 2. The molecule has 0 aliphatic rings. The lowest BCUT2D eigenvalue weighted by molar-refractivity contribution is -0.389. The number of nitrogens with one attached hydrogen (secondary N) is 2. The molecule has 0 aliphatic heterocycles. The van der Waals surface area contributed by atoms with Gasteiger partial charge in [0.05, 0.1) is 11.9 Å². The van der Waals surface area contributed by atoms with Crippen molar-refractivity contribution in [3.63, 3.8) is 0 Å². The fourth-order valence-corrected chi connectivity index (χ4v) is 1.51. The topological polar surface area (TPSA) is 101 Å². The number of hydrogen-bond acceptors (Lipinski definition) is 4. The van der Waals surface area contributed by atoms with Crippen LogP contribution in [0.2, 0.25) is 0 Å². The van der Waals surface area contributed by atoms with E-state index < -0.39 is 10.8 Å². The lowest BCUT2D eigenvalue weighted by atomic mass is 10.3. The van der Waals surface area contributed by atoms with Crippen molar-refractivity contribution in [2.75, 3.05) is 5.32 Å². The Balaban J connectivity index is 2.11. The predicted octanol–water partition coefficient (Wildman–Crippen LogP) is 2.33. The van der Waals surface area contributed by atoms with Gasteiger partial charge < -0.3 is 15.4 Å². The maximum Gasteiger partial charge on any atom is 0.321 e. The largest absolute Gasteiger partial charge is 0.358 e. The molecule has 18 heavy (non-hydrogen) atoms. The molecule has 0 saturated carbocycles. The Morgan fingerprint density at radius 2 is 2.17 bits per heavy atom. The van der Waals surface area contributed by atoms with Gasteiger partial charge in [0.25, 0.3) is 5.91 Å². The molecule has 0 aromatic carbocycles. The van der Waals surface area contributed by atoms with Crippen LogP contribution < -0.4 is 5.32 Å². The molecule has 8 heteroatoms. The minimum Gasteiger partial charge on any atom is -0.358 e. The average Bonchev–Trinajstić information content (AvgIpc) is 2.81. The molecule has 1 amide bonds. The quantitative estimate of drug-likeness (QED) is 0.516. The minimum absolute atomic E-state index is 0.115. The number of H-pyrrole nitrogens is 1. The van der Waals surface area contributed by atoms with E-state index in [4.69, 9.17) is 0 Å². The molecule has 92 valence electrons. The third kappa shape index (κ3) is 2.72. The van der Waals surface area contributed by atoms with Crippen LogP contribution in [0.1, 0.15) is 10.5 Å². The third-order valence-electron chi connectivity index (χ3n) is 2.10. The first-order valence-corrected chi connectivity index (χ1v) is 5.62. The van der Waals surface area contributed by atoms with Crippen LogP contribution in [-0.4, -0.2) is 20.8 Å². The van der Waals surface area contributed by atoms with Crippen molar-refractivity contribution in [1.82, 2.24) is 9.97 Å². The lowest BCUT2D eigenvalue weighted by Gasteiger charge is -2.01. The monoisotopic (exact) mass is 310 g/mol. The number of amides is 1. The molecular weight excluding hydrogens is 304 g/mol. The second kappa shape index (κ2) is 4.96. The van der Waals surface area contributed by atoms with Crippen LogP contribution in [-0.2, 0) is 0 Å². The average molecular weight is 311 g/mol. The summed E-state index contributed by atoms with van der Waals surface area (Å²) in [6.07, 6.45) is 1.47. The first kappa shape index (κ1) is 12.2. The van der Waals surface area contributed by atoms with Gasteiger partial charge in [-0.15, -0.1) is 0 Å². The smallest absolute Gasteiger partial charge is 0.321 e. The number of nitrogens with zero attached hydrogens (tertiary/aromatic N) is 2. The number of aromatic nitrogens is 2. The van der Waals surface area contributed by atoms with E-state index >= 15 is 0 Å². The Bertz CT molecular complexity index is 593. The summed E-state index contributed by atoms with van der Waals surface area (Å²) < 4.78 is 0.649. The summed E-state index contributed by atoms with van der Waals surface area (Å²) in [5.41, 5.74) is 0.616. The van der Waals surface area contributed by atoms with Crippen LogP contribution in [0.4, 0.5) is 11.5 Å². The highest BCUT2D eigenvalue weighted by atomic mass is 79.9. The molecule has 2 rings (SSSR count). The van der Waals surface area contributed by atoms with Crippen molar-refractivity contribution in [1.29, 1.82) is 0 Å². The normalized spacial score (nSPS) is 10.1. The number of carbonyl (C=O) groups excluding carboxylic acids is 1. The van der Waals surface area contributed by atoms with Crippen molar-refractivity contribution in [3.8, 4) is 0 Å². The number of rotatable bonds is 3. The van der Waals surface area contributed by atoms with Crippen molar-refractivity contribution >= 4 is 33.3 Å². The molecule has 2 heterocycles. The first-order valence-electron chi connectivity index (χ1n) is 4.82. The number of halogens is 1. The SMILES string of the molecule is O=C(Nc1ccc(Br)nc1)c1ccc([N+](=O)[O-])[nH]1. The van der Waals surface area contributed by atoms with Gasteiger partial charge in [-0.2, -0.15) is 0 Å². The van der Waals surface area contributed by atoms with Crippen molar-refractivity contribution in [2.45, 2.75) is 0 Å². The number of nitro groups is 1. The van der Waals surface area contributed by atoms with Crippen LogP contribution >= 0.6 is 15.9 Å². The Kier molecular flexibility index (Phi) is 3.38. The van der Waals surface area contributed by atoms with Gasteiger partial charge in [-0.3, -0.25) is 4.79 Å². The molecule has 0 unspecified atom stereocenters. The summed E-state index contributed by atoms with van der Waals surface area (Å²) in [6.45, 7) is 0. The molecule has 0 fully saturated rings. The summed E-state index contributed by atoms with van der Waals surface area (Å²) in [6, 6.07) is 5.91. The van der Waals surface area contributed by atoms with Gasteiger partial charge in [-0.1, -0.05) is 0 Å². The Hall–Kier alpha value is -2.22. The highest BCUT2D eigenvalue weighted by Crippen LogP contribution is 2.14. The van der Waals surface area contributed by atoms with Crippen LogP contribution in [0.15, 0.2) is 35.1 Å². The molecule has 2 N–H and O–H groups in total. The molecule has 0 spiro atoms. The van der Waals surface area contributed by atoms with E-state index in [1.54, 1.807) is 12.1 Å². The summed E-state index contributed by atoms with van der Waals surface area (Å²) in [5.74, 6) is -0.693. The molecular formula is C10H7BrN4O3. The van der Waals surface area contributed by atoms with Crippen LogP contribution in [0, 0.1) is 10.1 Å². The second-order valence-electron chi connectivity index (χ2n) is 3.34. The van der Waals surface area contributed by atoms with E-state index in [1.165, 1.54) is 18.3 Å². The van der Waals surface area contributed by atoms with Gasteiger partial charge in [-0.05, 0) is 39.1 Å². The summed E-state index contributed by atoms with van der Waals surface area (Å²) >= 11 is 3.17. The zero-order valence-electron chi connectivity index (χ0n) is 8.88. The van der Waals surface area contributed by atoms with Gasteiger partial charge in [-0.25, -0.2) is 9.97 Å². The maximum absolute atomic E-state index is 11.7. The lowest BCUT2D eigenvalue weighted by Crippen LogP contribution is -2.12. The summed E-state index contributed by atoms with van der Waals surface area (Å²) in [4.78, 5) is 27.9. The van der Waals surface area contributed by atoms with E-state index in [2.05, 4.69) is 31.2 Å². The van der Waals surface area contributed by atoms with E-state index in [9.17, 15) is 14.9 Å². The fraction of sp³-hybridized carbons (Fsp3) is 0. The molecule has 7 nitrogen and oxygen atoms in total. The maximum atomic E-state index is 11.7. The molecule has 0 radical (unpaired) electrons. The number of anilines is 1. The van der Waals surface area contributed by atoms with Gasteiger partial charge in [0.2, 0.25) is 0 Å². The van der Waals surface area contributed by atoms with E-state index in [1.807, 2.05) is 0 Å². The predicted molar refractivity (Wildman–Crippen MR) is 67.3 cm³/mol. The molecule has 0 bridgehead atoms. The summed E-state index contributed by atoms with van der Waals surface area (Å²) in [7, 11) is 0. The third-order valence-corrected chi connectivity index (χ3v) is 2.57. The van der Waals surface area contributed by atoms with Gasteiger partial charge in [0, 0.05) is 6.07 Å². The van der Waals surface area contributed by atoms with Crippen LogP contribution in [0.5, 0.6) is 0 Å². The van der Waals surface area contributed by atoms with Crippen molar-refractivity contribution < 1.29 is 9.72 Å². The van der Waals surface area contributed by atoms with E-state index in [0.717, 1.165) is 0 Å². The molecule has 0 saturated heterocycles. The zero-order valence-corrected chi connectivity index (χ0v) is 10.5. The minimum atomic E-state index is -0.599. The van der Waals surface area contributed by atoms with Crippen molar-refractivity contribution in [2.24, 2.45) is 0 Å². The zero-order chi connectivity index (χ0) is 13.1. The van der Waals surface area contributed by atoms with Gasteiger partial charge in [0.15, 0.2) is 5.69 Å². The van der Waals surface area contributed by atoms with Gasteiger partial charge >= 0.3 is 5.82 Å². The highest BCUT2D eigenvalue weighted by molar-refractivity contribution is 9.10. The van der Waals surface area contributed by atoms with Crippen LogP contribution in [0.25, 0.3) is 0 Å². The summed E-state index contributed by atoms with van der Waals surface area (Å²) in [5, 5.41) is 13.0. The number of carbonyl (C=O) groups is 1. The van der Waals surface area contributed by atoms with E-state index in [-0.39, 0.29) is 11.5 Å². The van der Waals surface area contributed by atoms with E-state index in [0.29, 0.717) is 10.3 Å². The molecule has 2 aromatic rings. The Morgan fingerprint density at radius 3 is 2.72 bits per heavy atom. The molecule has 0 atom stereocenters. The second-order valence-corrected chi connectivity index (χ2v) is 4.15.